The molecule has 0 bridgehead atoms. The van der Waals surface area contributed by atoms with Crippen molar-refractivity contribution in [2.24, 2.45) is 0 Å². The number of nitrogens with zero attached hydrogens (tertiary/aromatic N) is 1. The van der Waals surface area contributed by atoms with Gasteiger partial charge in [0.05, 0.1) is 6.42 Å². The summed E-state index contributed by atoms with van der Waals surface area (Å²) in [5.74, 6) is -0.00372. The highest BCUT2D eigenvalue weighted by Crippen LogP contribution is 2.16. The second-order valence-electron chi connectivity index (χ2n) is 5.08. The zero-order valence-corrected chi connectivity index (χ0v) is 13.3. The number of benzene rings is 2. The second-order valence-corrected chi connectivity index (χ2v) is 5.52. The first kappa shape index (κ1) is 17.2. The second kappa shape index (κ2) is 7.92. The van der Waals surface area contributed by atoms with Crippen LogP contribution in [0.4, 0.5) is 8.78 Å². The van der Waals surface area contributed by atoms with E-state index >= 15 is 0 Å². The number of alkyl halides is 2. The van der Waals surface area contributed by atoms with Crippen LogP contribution in [0.3, 0.4) is 0 Å². The van der Waals surface area contributed by atoms with Crippen LogP contribution >= 0.6 is 11.6 Å². The van der Waals surface area contributed by atoms with Gasteiger partial charge < -0.3 is 9.64 Å². The number of carbonyl (C=O) groups excluding carboxylic acids is 1. The highest BCUT2D eigenvalue weighted by Gasteiger charge is 2.11. The molecule has 0 atom stereocenters. The third kappa shape index (κ3) is 5.53. The lowest BCUT2D eigenvalue weighted by atomic mass is 10.1. The molecule has 122 valence electrons. The normalized spacial score (nSPS) is 10.7. The van der Waals surface area contributed by atoms with E-state index in [1.54, 1.807) is 30.1 Å². The van der Waals surface area contributed by atoms with Crippen molar-refractivity contribution >= 4 is 17.5 Å². The highest BCUT2D eigenvalue weighted by atomic mass is 35.5. The van der Waals surface area contributed by atoms with E-state index < -0.39 is 6.61 Å². The molecule has 0 N–H and O–H groups in total. The van der Waals surface area contributed by atoms with Gasteiger partial charge in [0.2, 0.25) is 5.91 Å². The van der Waals surface area contributed by atoms with Crippen molar-refractivity contribution in [2.45, 2.75) is 19.6 Å². The van der Waals surface area contributed by atoms with E-state index in [2.05, 4.69) is 4.74 Å². The minimum absolute atomic E-state index is 0.0727. The number of hydrogen-bond acceptors (Lipinski definition) is 2. The van der Waals surface area contributed by atoms with Gasteiger partial charge >= 0.3 is 6.61 Å². The Bertz CT molecular complexity index is 662. The zero-order chi connectivity index (χ0) is 16.8. The summed E-state index contributed by atoms with van der Waals surface area (Å²) in [6, 6.07) is 13.4. The van der Waals surface area contributed by atoms with Crippen LogP contribution in [0, 0.1) is 0 Å². The van der Waals surface area contributed by atoms with Crippen molar-refractivity contribution in [3.8, 4) is 5.75 Å². The Labute approximate surface area is 138 Å². The van der Waals surface area contributed by atoms with Crippen LogP contribution < -0.4 is 4.74 Å². The lowest BCUT2D eigenvalue weighted by Gasteiger charge is -2.17. The van der Waals surface area contributed by atoms with Crippen LogP contribution in [-0.4, -0.2) is 24.5 Å². The van der Waals surface area contributed by atoms with Gasteiger partial charge in [-0.2, -0.15) is 8.78 Å². The standard InChI is InChI=1S/C17H16ClF2NO2/c1-21(11-13-3-2-4-14(18)9-13)16(22)10-12-5-7-15(8-6-12)23-17(19)20/h2-9,17H,10-11H2,1H3. The molecule has 23 heavy (non-hydrogen) atoms. The van der Waals surface area contributed by atoms with Crippen molar-refractivity contribution in [3.63, 3.8) is 0 Å². The van der Waals surface area contributed by atoms with Crippen LogP contribution in [0.2, 0.25) is 5.02 Å². The van der Waals surface area contributed by atoms with E-state index in [-0.39, 0.29) is 18.1 Å². The van der Waals surface area contributed by atoms with Gasteiger partial charge in [-0.25, -0.2) is 0 Å². The van der Waals surface area contributed by atoms with Crippen molar-refractivity contribution in [1.29, 1.82) is 0 Å². The third-order valence-electron chi connectivity index (χ3n) is 3.24. The SMILES string of the molecule is CN(Cc1cccc(Cl)c1)C(=O)Cc1ccc(OC(F)F)cc1. The average Bonchev–Trinajstić information content (AvgIpc) is 2.48. The van der Waals surface area contributed by atoms with Gasteiger partial charge in [0.1, 0.15) is 5.75 Å². The van der Waals surface area contributed by atoms with Gasteiger partial charge in [0.25, 0.3) is 0 Å². The molecule has 2 aromatic carbocycles. The number of likely N-dealkylation sites (N-methyl/N-ethyl adjacent to an activating group) is 1. The summed E-state index contributed by atoms with van der Waals surface area (Å²) in [6.07, 6.45) is 0.187. The van der Waals surface area contributed by atoms with Gasteiger partial charge in [-0.3, -0.25) is 4.79 Å². The van der Waals surface area contributed by atoms with E-state index in [0.717, 1.165) is 11.1 Å². The van der Waals surface area contributed by atoms with Crippen molar-refractivity contribution < 1.29 is 18.3 Å². The molecule has 0 aliphatic heterocycles. The number of amides is 1. The first-order valence-corrected chi connectivity index (χ1v) is 7.34. The van der Waals surface area contributed by atoms with E-state index in [1.807, 2.05) is 18.2 Å². The fourth-order valence-electron chi connectivity index (χ4n) is 2.10. The van der Waals surface area contributed by atoms with Crippen LogP contribution in [0.5, 0.6) is 5.75 Å². The first-order chi connectivity index (χ1) is 10.9. The van der Waals surface area contributed by atoms with Crippen LogP contribution in [0.1, 0.15) is 11.1 Å². The number of halogens is 3. The molecule has 1 amide bonds. The molecule has 2 aromatic rings. The summed E-state index contributed by atoms with van der Waals surface area (Å²) < 4.78 is 28.4. The quantitative estimate of drug-likeness (QED) is 0.791. The molecule has 6 heteroatoms. The molecule has 0 aliphatic carbocycles. The smallest absolute Gasteiger partial charge is 0.387 e. The summed E-state index contributed by atoms with van der Waals surface area (Å²) in [5, 5.41) is 0.623. The lowest BCUT2D eigenvalue weighted by Crippen LogP contribution is -2.27. The zero-order valence-electron chi connectivity index (χ0n) is 12.5. The minimum Gasteiger partial charge on any atom is -0.435 e. The van der Waals surface area contributed by atoms with Crippen molar-refractivity contribution in [1.82, 2.24) is 4.90 Å². The van der Waals surface area contributed by atoms with Gasteiger partial charge in [-0.15, -0.1) is 0 Å². The molecule has 0 heterocycles. The summed E-state index contributed by atoms with van der Waals surface area (Å²) in [4.78, 5) is 13.8. The molecule has 0 radical (unpaired) electrons. The van der Waals surface area contributed by atoms with Crippen molar-refractivity contribution in [3.05, 3.63) is 64.7 Å². The van der Waals surface area contributed by atoms with E-state index in [0.29, 0.717) is 11.6 Å². The van der Waals surface area contributed by atoms with Gasteiger partial charge in [-0.05, 0) is 35.4 Å². The summed E-state index contributed by atoms with van der Waals surface area (Å²) in [5.41, 5.74) is 1.67. The largest absolute Gasteiger partial charge is 0.435 e. The maximum atomic E-state index is 12.2. The molecule has 2 rings (SSSR count). The number of carbonyl (C=O) groups is 1. The van der Waals surface area contributed by atoms with Gasteiger partial charge in [-0.1, -0.05) is 35.9 Å². The number of ether oxygens (including phenoxy) is 1. The molecule has 0 aromatic heterocycles. The number of rotatable bonds is 6. The minimum atomic E-state index is -2.86. The van der Waals surface area contributed by atoms with E-state index in [4.69, 9.17) is 11.6 Å². The predicted octanol–water partition coefficient (Wildman–Crippen LogP) is 4.14. The Kier molecular flexibility index (Phi) is 5.93. The maximum Gasteiger partial charge on any atom is 0.387 e. The lowest BCUT2D eigenvalue weighted by molar-refractivity contribution is -0.129. The Morgan fingerprint density at radius 2 is 1.87 bits per heavy atom. The van der Waals surface area contributed by atoms with E-state index in [1.165, 1.54) is 12.1 Å². The van der Waals surface area contributed by atoms with Crippen LogP contribution in [0.25, 0.3) is 0 Å². The molecule has 0 fully saturated rings. The van der Waals surface area contributed by atoms with Gasteiger partial charge in [0, 0.05) is 18.6 Å². The average molecular weight is 340 g/mol. The summed E-state index contributed by atoms with van der Waals surface area (Å²) >= 11 is 5.92. The fourth-order valence-corrected chi connectivity index (χ4v) is 2.31. The molecule has 0 unspecified atom stereocenters. The Hall–Kier alpha value is -2.14. The van der Waals surface area contributed by atoms with Crippen LogP contribution in [-0.2, 0) is 17.8 Å². The Balaban J connectivity index is 1.92. The summed E-state index contributed by atoms with van der Waals surface area (Å²) in [7, 11) is 1.71. The maximum absolute atomic E-state index is 12.2. The first-order valence-electron chi connectivity index (χ1n) is 6.96. The molecular formula is C17H16ClF2NO2. The predicted molar refractivity (Wildman–Crippen MR) is 84.7 cm³/mol. The molecule has 0 aliphatic rings. The molecule has 3 nitrogen and oxygen atoms in total. The molecular weight excluding hydrogens is 324 g/mol. The Morgan fingerprint density at radius 1 is 1.17 bits per heavy atom. The molecule has 0 saturated carbocycles. The third-order valence-corrected chi connectivity index (χ3v) is 3.47. The van der Waals surface area contributed by atoms with E-state index in [9.17, 15) is 13.6 Å². The van der Waals surface area contributed by atoms with Crippen molar-refractivity contribution in [2.75, 3.05) is 7.05 Å². The van der Waals surface area contributed by atoms with Gasteiger partial charge in [0.15, 0.2) is 0 Å². The monoisotopic (exact) mass is 339 g/mol. The molecule has 0 saturated heterocycles. The number of hydrogen-bond donors (Lipinski definition) is 0. The van der Waals surface area contributed by atoms with Crippen LogP contribution in [0.15, 0.2) is 48.5 Å². The highest BCUT2D eigenvalue weighted by molar-refractivity contribution is 6.30. The topological polar surface area (TPSA) is 29.5 Å². The summed E-state index contributed by atoms with van der Waals surface area (Å²) in [6.45, 7) is -2.40. The Morgan fingerprint density at radius 3 is 2.48 bits per heavy atom. The fraction of sp³-hybridized carbons (Fsp3) is 0.235. The molecule has 0 spiro atoms.